The van der Waals surface area contributed by atoms with Gasteiger partial charge >= 0.3 is 12.2 Å². The van der Waals surface area contributed by atoms with E-state index in [0.717, 1.165) is 43.8 Å². The van der Waals surface area contributed by atoms with E-state index in [9.17, 15) is 14.4 Å². The molecule has 1 aliphatic carbocycles. The van der Waals surface area contributed by atoms with Gasteiger partial charge in [0.25, 0.3) is 0 Å². The number of hydrogen-bond donors (Lipinski definition) is 0. The molecule has 0 aromatic heterocycles. The molecule has 188 valence electrons. The Morgan fingerprint density at radius 2 is 1.73 bits per heavy atom. The average molecular weight is 467 g/mol. The van der Waals surface area contributed by atoms with Gasteiger partial charge in [-0.1, -0.05) is 12.8 Å². The maximum absolute atomic E-state index is 13.1. The summed E-state index contributed by atoms with van der Waals surface area (Å²) in [5.74, 6) is 1.23. The number of rotatable bonds is 5. The molecule has 2 heterocycles. The molecule has 0 spiro atoms. The van der Waals surface area contributed by atoms with Crippen molar-refractivity contribution in [3.8, 4) is 0 Å². The van der Waals surface area contributed by atoms with Crippen LogP contribution in [0.2, 0.25) is 0 Å². The highest BCUT2D eigenvalue weighted by Crippen LogP contribution is 2.46. The SMILES string of the molecule is CC(C)(C)OC(=O)ON(CCCC[C@H]1C(=O)[C@H]2C[C@@H]1CN1CCCC[C@@H]21)C(=O)OC(C)(C)C. The van der Waals surface area contributed by atoms with Gasteiger partial charge in [-0.25, -0.2) is 9.59 Å². The standard InChI is InChI=1S/C25H42N2O6/c1-24(2,3)31-22(29)27(33-23(30)32-25(4,5)6)14-10-7-11-18-17-15-19(21(18)28)20-12-8-9-13-26(20)16-17/h17-20H,7-16H2,1-6H3/t17-,18-,19+,20+/m1/s1. The number of amides is 1. The van der Waals surface area contributed by atoms with Gasteiger partial charge in [-0.05, 0) is 86.1 Å². The molecule has 3 fully saturated rings. The first-order chi connectivity index (χ1) is 15.3. The number of nitrogens with zero attached hydrogens (tertiary/aromatic N) is 2. The molecule has 3 rings (SSSR count). The van der Waals surface area contributed by atoms with Crippen LogP contribution < -0.4 is 0 Å². The quantitative estimate of drug-likeness (QED) is 0.322. The summed E-state index contributed by atoms with van der Waals surface area (Å²) in [4.78, 5) is 45.6. The van der Waals surface area contributed by atoms with Crippen LogP contribution >= 0.6 is 0 Å². The summed E-state index contributed by atoms with van der Waals surface area (Å²) in [5.41, 5.74) is -1.45. The van der Waals surface area contributed by atoms with E-state index in [1.165, 1.54) is 12.8 Å². The van der Waals surface area contributed by atoms with Crippen molar-refractivity contribution in [3.05, 3.63) is 0 Å². The largest absolute Gasteiger partial charge is 0.534 e. The lowest BCUT2D eigenvalue weighted by molar-refractivity contribution is -0.136. The maximum Gasteiger partial charge on any atom is 0.534 e. The predicted molar refractivity (Wildman–Crippen MR) is 123 cm³/mol. The zero-order chi connectivity index (χ0) is 24.4. The minimum absolute atomic E-state index is 0.113. The Morgan fingerprint density at radius 3 is 2.39 bits per heavy atom. The van der Waals surface area contributed by atoms with Crippen LogP contribution in [0.4, 0.5) is 9.59 Å². The Labute approximate surface area is 198 Å². The number of Topliss-reactive ketones (excluding diaryl/α,β-unsaturated/α-hetero) is 1. The van der Waals surface area contributed by atoms with Crippen LogP contribution in [0.15, 0.2) is 0 Å². The number of piperidine rings is 2. The lowest BCUT2D eigenvalue weighted by Crippen LogP contribution is -2.49. The maximum atomic E-state index is 13.1. The predicted octanol–water partition coefficient (Wildman–Crippen LogP) is 4.95. The van der Waals surface area contributed by atoms with E-state index in [0.29, 0.717) is 24.2 Å². The van der Waals surface area contributed by atoms with Gasteiger partial charge in [0.05, 0.1) is 6.54 Å². The Kier molecular flexibility index (Phi) is 7.97. The molecule has 2 bridgehead atoms. The van der Waals surface area contributed by atoms with Crippen LogP contribution in [0.1, 0.15) is 86.5 Å². The molecule has 0 N–H and O–H groups in total. The molecular formula is C25H42N2O6. The zero-order valence-electron chi connectivity index (χ0n) is 21.2. The van der Waals surface area contributed by atoms with Crippen LogP contribution in [0, 0.1) is 17.8 Å². The molecule has 0 aromatic carbocycles. The molecule has 0 radical (unpaired) electrons. The van der Waals surface area contributed by atoms with Gasteiger partial charge in [0.15, 0.2) is 0 Å². The molecule has 4 atom stereocenters. The van der Waals surface area contributed by atoms with E-state index in [-0.39, 0.29) is 18.4 Å². The summed E-state index contributed by atoms with van der Waals surface area (Å²) in [5, 5.41) is 0.939. The van der Waals surface area contributed by atoms with Crippen molar-refractivity contribution in [2.45, 2.75) is 104 Å². The van der Waals surface area contributed by atoms with Crippen molar-refractivity contribution >= 4 is 18.0 Å². The van der Waals surface area contributed by atoms with Gasteiger partial charge in [-0.15, -0.1) is 5.06 Å². The Balaban J connectivity index is 1.52. The highest BCUT2D eigenvalue weighted by Gasteiger charge is 2.51. The number of unbranched alkanes of at least 4 members (excludes halogenated alkanes) is 1. The molecule has 3 aliphatic rings. The number of ketones is 1. The summed E-state index contributed by atoms with van der Waals surface area (Å²) in [6.07, 6.45) is 5.21. The third kappa shape index (κ3) is 7.08. The van der Waals surface area contributed by atoms with E-state index >= 15 is 0 Å². The number of hydroxylamine groups is 2. The molecule has 1 amide bonds. The molecule has 8 nitrogen and oxygen atoms in total. The van der Waals surface area contributed by atoms with Crippen molar-refractivity contribution in [1.82, 2.24) is 9.96 Å². The highest BCUT2D eigenvalue weighted by atomic mass is 16.8. The Bertz CT molecular complexity index is 725. The molecule has 0 aromatic rings. The third-order valence-corrected chi connectivity index (χ3v) is 6.75. The molecule has 1 saturated carbocycles. The van der Waals surface area contributed by atoms with Gasteiger partial charge in [0.1, 0.15) is 17.0 Å². The van der Waals surface area contributed by atoms with Crippen molar-refractivity contribution in [2.75, 3.05) is 19.6 Å². The van der Waals surface area contributed by atoms with Gasteiger partial charge in [0, 0.05) is 24.4 Å². The third-order valence-electron chi connectivity index (χ3n) is 6.75. The number of hydrogen-bond acceptors (Lipinski definition) is 7. The summed E-state index contributed by atoms with van der Waals surface area (Å²) in [6.45, 7) is 12.8. The monoisotopic (exact) mass is 466 g/mol. The number of ether oxygens (including phenoxy) is 2. The van der Waals surface area contributed by atoms with Crippen LogP contribution in [0.25, 0.3) is 0 Å². The average Bonchev–Trinajstić information content (AvgIpc) is 2.92. The van der Waals surface area contributed by atoms with Crippen LogP contribution in [0.5, 0.6) is 0 Å². The lowest BCUT2D eigenvalue weighted by Gasteiger charge is -2.42. The first-order valence-corrected chi connectivity index (χ1v) is 12.5. The van der Waals surface area contributed by atoms with Crippen molar-refractivity contribution < 1.29 is 28.7 Å². The summed E-state index contributed by atoms with van der Waals surface area (Å²) in [7, 11) is 0. The van der Waals surface area contributed by atoms with Gasteiger partial charge < -0.3 is 14.3 Å². The fraction of sp³-hybridized carbons (Fsp3) is 0.880. The van der Waals surface area contributed by atoms with Crippen LogP contribution in [-0.4, -0.2) is 64.9 Å². The van der Waals surface area contributed by atoms with Gasteiger partial charge in [-0.2, -0.15) is 0 Å². The number of carbonyl (C=O) groups is 3. The van der Waals surface area contributed by atoms with Gasteiger partial charge in [0.2, 0.25) is 0 Å². The molecule has 0 unspecified atom stereocenters. The van der Waals surface area contributed by atoms with Crippen LogP contribution in [0.3, 0.4) is 0 Å². The van der Waals surface area contributed by atoms with E-state index < -0.39 is 23.5 Å². The molecule has 33 heavy (non-hydrogen) atoms. The second-order valence-corrected chi connectivity index (χ2v) is 11.8. The highest BCUT2D eigenvalue weighted by molar-refractivity contribution is 5.87. The number of fused-ring (bicyclic) bond motifs is 4. The first-order valence-electron chi connectivity index (χ1n) is 12.5. The Morgan fingerprint density at radius 1 is 1.03 bits per heavy atom. The van der Waals surface area contributed by atoms with E-state index in [1.807, 2.05) is 0 Å². The number of carbonyl (C=O) groups excluding carboxylic acids is 3. The second-order valence-electron chi connectivity index (χ2n) is 11.8. The fourth-order valence-electron chi connectivity index (χ4n) is 5.51. The summed E-state index contributed by atoms with van der Waals surface area (Å²) in [6, 6.07) is 0.456. The van der Waals surface area contributed by atoms with Crippen LogP contribution in [-0.2, 0) is 19.1 Å². The second kappa shape index (κ2) is 10.2. The summed E-state index contributed by atoms with van der Waals surface area (Å²) >= 11 is 0. The minimum Gasteiger partial charge on any atom is -0.442 e. The van der Waals surface area contributed by atoms with Crippen molar-refractivity contribution in [3.63, 3.8) is 0 Å². The smallest absolute Gasteiger partial charge is 0.442 e. The molecule has 2 aliphatic heterocycles. The van der Waals surface area contributed by atoms with E-state index in [2.05, 4.69) is 4.90 Å². The molecular weight excluding hydrogens is 424 g/mol. The van der Waals surface area contributed by atoms with E-state index in [4.69, 9.17) is 14.3 Å². The molecule has 8 heteroatoms. The molecule has 2 saturated heterocycles. The zero-order valence-corrected chi connectivity index (χ0v) is 21.2. The normalized spacial score (nSPS) is 27.6. The summed E-state index contributed by atoms with van der Waals surface area (Å²) < 4.78 is 10.6. The van der Waals surface area contributed by atoms with Crippen molar-refractivity contribution in [1.29, 1.82) is 0 Å². The lowest BCUT2D eigenvalue weighted by atomic mass is 9.84. The topological polar surface area (TPSA) is 85.4 Å². The van der Waals surface area contributed by atoms with Gasteiger partial charge in [-0.3, -0.25) is 9.69 Å². The Hall–Kier alpha value is -1.83. The first kappa shape index (κ1) is 25.8. The minimum atomic E-state index is -0.940. The fourth-order valence-corrected chi connectivity index (χ4v) is 5.51. The van der Waals surface area contributed by atoms with E-state index in [1.54, 1.807) is 41.5 Å². The van der Waals surface area contributed by atoms with Crippen molar-refractivity contribution in [2.24, 2.45) is 17.8 Å².